The van der Waals surface area contributed by atoms with Gasteiger partial charge in [0.2, 0.25) is 0 Å². The molecule has 0 amide bonds. The maximum absolute atomic E-state index is 6.33. The van der Waals surface area contributed by atoms with E-state index in [9.17, 15) is 0 Å². The molecule has 2 aliphatic heterocycles. The Morgan fingerprint density at radius 2 is 2.03 bits per heavy atom. The van der Waals surface area contributed by atoms with Gasteiger partial charge in [0, 0.05) is 40.2 Å². The largest absolute Gasteiger partial charge is 0.492 e. The SMILES string of the molecule is Cc1cc2c(cc1C1=CC3C(C)C3(NCc3ccccc3Cl)C=N1)C(C)(C)CO2. The lowest BCUT2D eigenvalue weighted by molar-refractivity contribution is 0.291. The number of nitrogens with one attached hydrogen (secondary N) is 1. The van der Waals surface area contributed by atoms with Gasteiger partial charge in [-0.3, -0.25) is 4.99 Å². The topological polar surface area (TPSA) is 33.6 Å². The highest BCUT2D eigenvalue weighted by Gasteiger charge is 2.61. The van der Waals surface area contributed by atoms with Gasteiger partial charge in [0.15, 0.2) is 0 Å². The third kappa shape index (κ3) is 2.94. The molecule has 3 aliphatic rings. The highest BCUT2D eigenvalue weighted by molar-refractivity contribution is 6.31. The molecule has 1 fully saturated rings. The van der Waals surface area contributed by atoms with E-state index in [-0.39, 0.29) is 11.0 Å². The van der Waals surface area contributed by atoms with Crippen molar-refractivity contribution in [1.82, 2.24) is 5.32 Å². The number of aryl methyl sites for hydroxylation is 1. The molecule has 5 rings (SSSR count). The highest BCUT2D eigenvalue weighted by atomic mass is 35.5. The van der Waals surface area contributed by atoms with Gasteiger partial charge in [-0.15, -0.1) is 0 Å². The summed E-state index contributed by atoms with van der Waals surface area (Å²) in [6, 6.07) is 12.5. The van der Waals surface area contributed by atoms with Crippen molar-refractivity contribution in [2.75, 3.05) is 6.61 Å². The van der Waals surface area contributed by atoms with E-state index in [1.54, 1.807) is 0 Å². The zero-order valence-electron chi connectivity index (χ0n) is 17.4. The van der Waals surface area contributed by atoms with Crippen LogP contribution in [0.15, 0.2) is 47.5 Å². The molecule has 29 heavy (non-hydrogen) atoms. The maximum Gasteiger partial charge on any atom is 0.123 e. The molecule has 0 bridgehead atoms. The first-order valence-electron chi connectivity index (χ1n) is 10.4. The maximum atomic E-state index is 6.33. The van der Waals surface area contributed by atoms with E-state index in [4.69, 9.17) is 21.3 Å². The van der Waals surface area contributed by atoms with Crippen LogP contribution in [0, 0.1) is 18.8 Å². The lowest BCUT2D eigenvalue weighted by atomic mass is 9.84. The second-order valence-electron chi connectivity index (χ2n) is 9.34. The number of hydrogen-bond acceptors (Lipinski definition) is 3. The minimum Gasteiger partial charge on any atom is -0.492 e. The summed E-state index contributed by atoms with van der Waals surface area (Å²) in [4.78, 5) is 4.91. The molecule has 3 nitrogen and oxygen atoms in total. The van der Waals surface area contributed by atoms with Crippen molar-refractivity contribution in [3.05, 3.63) is 69.8 Å². The van der Waals surface area contributed by atoms with Crippen molar-refractivity contribution in [3.63, 3.8) is 0 Å². The summed E-state index contributed by atoms with van der Waals surface area (Å²) in [6.07, 6.45) is 4.48. The number of nitrogens with zero attached hydrogens (tertiary/aromatic N) is 1. The van der Waals surface area contributed by atoms with Crippen LogP contribution in [0.25, 0.3) is 5.70 Å². The van der Waals surface area contributed by atoms with Crippen molar-refractivity contribution in [2.24, 2.45) is 16.8 Å². The molecule has 4 heteroatoms. The summed E-state index contributed by atoms with van der Waals surface area (Å²) >= 11 is 6.33. The Hall–Kier alpha value is -2.10. The zero-order valence-corrected chi connectivity index (χ0v) is 18.2. The van der Waals surface area contributed by atoms with Crippen molar-refractivity contribution in [1.29, 1.82) is 0 Å². The van der Waals surface area contributed by atoms with Crippen LogP contribution in [-0.2, 0) is 12.0 Å². The fourth-order valence-corrected chi connectivity index (χ4v) is 5.01. The number of halogens is 1. The molecule has 0 radical (unpaired) electrons. The quantitative estimate of drug-likeness (QED) is 0.723. The van der Waals surface area contributed by atoms with Gasteiger partial charge in [0.05, 0.1) is 17.8 Å². The van der Waals surface area contributed by atoms with E-state index in [2.05, 4.69) is 63.5 Å². The third-order valence-corrected chi connectivity index (χ3v) is 7.32. The number of ether oxygens (including phenoxy) is 1. The Bertz CT molecular complexity index is 1050. The predicted molar refractivity (Wildman–Crippen MR) is 120 cm³/mol. The number of rotatable bonds is 4. The highest BCUT2D eigenvalue weighted by Crippen LogP contribution is 2.54. The summed E-state index contributed by atoms with van der Waals surface area (Å²) in [7, 11) is 0. The summed E-state index contributed by atoms with van der Waals surface area (Å²) in [5.41, 5.74) is 5.91. The summed E-state index contributed by atoms with van der Waals surface area (Å²) in [6.45, 7) is 10.4. The van der Waals surface area contributed by atoms with Gasteiger partial charge in [-0.05, 0) is 42.2 Å². The Morgan fingerprint density at radius 3 is 2.79 bits per heavy atom. The lowest BCUT2D eigenvalue weighted by Crippen LogP contribution is -2.36. The zero-order chi connectivity index (χ0) is 20.4. The molecule has 1 saturated carbocycles. The van der Waals surface area contributed by atoms with Crippen molar-refractivity contribution in [2.45, 2.75) is 45.2 Å². The van der Waals surface area contributed by atoms with E-state index < -0.39 is 0 Å². The normalized spacial score (nSPS) is 28.4. The van der Waals surface area contributed by atoms with Crippen LogP contribution in [0.2, 0.25) is 5.02 Å². The smallest absolute Gasteiger partial charge is 0.123 e. The van der Waals surface area contributed by atoms with E-state index in [1.807, 2.05) is 18.2 Å². The van der Waals surface area contributed by atoms with Crippen molar-refractivity contribution < 1.29 is 4.74 Å². The molecule has 2 heterocycles. The average Bonchev–Trinajstić information content (AvgIpc) is 3.16. The molecule has 150 valence electrons. The predicted octanol–water partition coefficient (Wildman–Crippen LogP) is 5.54. The molecule has 3 unspecified atom stereocenters. The average molecular weight is 407 g/mol. The first kappa shape index (κ1) is 18.9. The summed E-state index contributed by atoms with van der Waals surface area (Å²) in [5.74, 6) is 1.99. The van der Waals surface area contributed by atoms with Gasteiger partial charge >= 0.3 is 0 Å². The first-order chi connectivity index (χ1) is 13.8. The Kier molecular flexibility index (Phi) is 4.20. The molecule has 0 spiro atoms. The Morgan fingerprint density at radius 1 is 1.24 bits per heavy atom. The molecule has 1 aliphatic carbocycles. The van der Waals surface area contributed by atoms with Crippen LogP contribution in [0.4, 0.5) is 0 Å². The van der Waals surface area contributed by atoms with Crippen LogP contribution in [0.1, 0.15) is 43.0 Å². The van der Waals surface area contributed by atoms with Gasteiger partial charge in [-0.1, -0.05) is 56.6 Å². The molecule has 0 saturated heterocycles. The molecule has 2 aromatic carbocycles. The molecule has 3 atom stereocenters. The van der Waals surface area contributed by atoms with Crippen molar-refractivity contribution in [3.8, 4) is 5.75 Å². The minimum atomic E-state index is -0.0598. The Balaban J connectivity index is 1.40. The van der Waals surface area contributed by atoms with E-state index in [0.717, 1.165) is 35.2 Å². The molecule has 1 N–H and O–H groups in total. The van der Waals surface area contributed by atoms with Gasteiger partial charge in [0.25, 0.3) is 0 Å². The van der Waals surface area contributed by atoms with Gasteiger partial charge < -0.3 is 10.1 Å². The number of hydrogen-bond donors (Lipinski definition) is 1. The Labute approximate surface area is 177 Å². The van der Waals surface area contributed by atoms with Gasteiger partial charge in [-0.2, -0.15) is 0 Å². The summed E-state index contributed by atoms with van der Waals surface area (Å²) in [5, 5.41) is 4.53. The standard InChI is InChI=1S/C25H27ClN2O/c1-15-9-23-20(24(3,4)14-29-23)10-18(15)22-11-19-16(2)25(19,13-27-22)28-12-17-7-5-6-8-21(17)26/h5-11,13,16,19,28H,12,14H2,1-4H3. The van der Waals surface area contributed by atoms with Gasteiger partial charge in [-0.25, -0.2) is 0 Å². The number of aliphatic imine (C=N–C) groups is 1. The first-order valence-corrected chi connectivity index (χ1v) is 10.7. The lowest BCUT2D eigenvalue weighted by Gasteiger charge is -2.21. The number of fused-ring (bicyclic) bond motifs is 2. The molecular weight excluding hydrogens is 380 g/mol. The van der Waals surface area contributed by atoms with Gasteiger partial charge in [0.1, 0.15) is 5.75 Å². The van der Waals surface area contributed by atoms with E-state index in [1.165, 1.54) is 16.7 Å². The minimum absolute atomic E-state index is 0.0455. The van der Waals surface area contributed by atoms with Crippen LogP contribution >= 0.6 is 11.6 Å². The number of benzene rings is 2. The third-order valence-electron chi connectivity index (χ3n) is 6.95. The fourth-order valence-electron chi connectivity index (χ4n) is 4.81. The second kappa shape index (κ2) is 6.45. The molecule has 0 aromatic heterocycles. The van der Waals surface area contributed by atoms with Crippen LogP contribution in [0.3, 0.4) is 0 Å². The van der Waals surface area contributed by atoms with Crippen LogP contribution in [0.5, 0.6) is 5.75 Å². The van der Waals surface area contributed by atoms with E-state index >= 15 is 0 Å². The summed E-state index contributed by atoms with van der Waals surface area (Å²) < 4.78 is 5.90. The second-order valence-corrected chi connectivity index (χ2v) is 9.75. The monoisotopic (exact) mass is 406 g/mol. The van der Waals surface area contributed by atoms with Crippen LogP contribution in [-0.4, -0.2) is 18.4 Å². The van der Waals surface area contributed by atoms with Crippen LogP contribution < -0.4 is 10.1 Å². The van der Waals surface area contributed by atoms with Crippen molar-refractivity contribution >= 4 is 23.5 Å². The van der Waals surface area contributed by atoms with E-state index in [0.29, 0.717) is 11.8 Å². The molecular formula is C25H27ClN2O. The molecule has 2 aromatic rings. The fraction of sp³-hybridized carbons (Fsp3) is 0.400.